The number of anilines is 1. The SMILES string of the molecule is CC[C@H](NC(=S)Nc1ccc(OC)cc1OC)c1ccc(C)cc1. The van der Waals surface area contributed by atoms with Gasteiger partial charge in [-0.15, -0.1) is 0 Å². The number of thiocarbonyl (C=S) groups is 1. The molecule has 0 spiro atoms. The number of benzene rings is 2. The molecule has 5 heteroatoms. The molecule has 2 aromatic rings. The Bertz CT molecular complexity index is 686. The number of hydrogen-bond donors (Lipinski definition) is 2. The summed E-state index contributed by atoms with van der Waals surface area (Å²) in [4.78, 5) is 0. The zero-order valence-electron chi connectivity index (χ0n) is 14.6. The van der Waals surface area contributed by atoms with Gasteiger partial charge < -0.3 is 20.1 Å². The average molecular weight is 344 g/mol. The molecule has 128 valence electrons. The molecule has 2 rings (SSSR count). The van der Waals surface area contributed by atoms with Gasteiger partial charge in [0.1, 0.15) is 11.5 Å². The summed E-state index contributed by atoms with van der Waals surface area (Å²) in [7, 11) is 3.25. The van der Waals surface area contributed by atoms with Gasteiger partial charge in [0.15, 0.2) is 5.11 Å². The van der Waals surface area contributed by atoms with E-state index in [1.54, 1.807) is 14.2 Å². The summed E-state index contributed by atoms with van der Waals surface area (Å²) in [6.45, 7) is 4.22. The largest absolute Gasteiger partial charge is 0.497 e. The molecule has 0 aliphatic carbocycles. The molecular weight excluding hydrogens is 320 g/mol. The van der Waals surface area contributed by atoms with E-state index in [1.807, 2.05) is 18.2 Å². The van der Waals surface area contributed by atoms with Crippen molar-refractivity contribution in [2.75, 3.05) is 19.5 Å². The molecule has 0 fully saturated rings. The van der Waals surface area contributed by atoms with Crippen LogP contribution >= 0.6 is 12.2 Å². The highest BCUT2D eigenvalue weighted by Crippen LogP contribution is 2.29. The van der Waals surface area contributed by atoms with Gasteiger partial charge in [0.2, 0.25) is 0 Å². The highest BCUT2D eigenvalue weighted by molar-refractivity contribution is 7.80. The molecule has 0 aromatic heterocycles. The van der Waals surface area contributed by atoms with E-state index in [-0.39, 0.29) is 6.04 Å². The smallest absolute Gasteiger partial charge is 0.171 e. The highest BCUT2D eigenvalue weighted by Gasteiger charge is 2.12. The second-order valence-electron chi connectivity index (χ2n) is 5.54. The summed E-state index contributed by atoms with van der Waals surface area (Å²) < 4.78 is 10.6. The van der Waals surface area contributed by atoms with Crippen molar-refractivity contribution >= 4 is 23.0 Å². The van der Waals surface area contributed by atoms with Crippen LogP contribution in [0.5, 0.6) is 11.5 Å². The molecule has 0 aliphatic heterocycles. The molecular formula is C19H24N2O2S. The summed E-state index contributed by atoms with van der Waals surface area (Å²) in [5.74, 6) is 1.42. The van der Waals surface area contributed by atoms with Crippen molar-refractivity contribution in [2.45, 2.75) is 26.3 Å². The van der Waals surface area contributed by atoms with Crippen LogP contribution in [0.3, 0.4) is 0 Å². The molecule has 0 bridgehead atoms. The van der Waals surface area contributed by atoms with E-state index in [4.69, 9.17) is 21.7 Å². The van der Waals surface area contributed by atoms with Gasteiger partial charge in [-0.05, 0) is 43.3 Å². The fourth-order valence-corrected chi connectivity index (χ4v) is 2.69. The van der Waals surface area contributed by atoms with Crippen molar-refractivity contribution in [1.29, 1.82) is 0 Å². The van der Waals surface area contributed by atoms with Gasteiger partial charge in [-0.2, -0.15) is 0 Å². The van der Waals surface area contributed by atoms with Gasteiger partial charge >= 0.3 is 0 Å². The van der Waals surface area contributed by atoms with Crippen LogP contribution in [-0.2, 0) is 0 Å². The Morgan fingerprint density at radius 3 is 2.38 bits per heavy atom. The van der Waals surface area contributed by atoms with E-state index >= 15 is 0 Å². The zero-order valence-corrected chi connectivity index (χ0v) is 15.4. The van der Waals surface area contributed by atoms with E-state index in [9.17, 15) is 0 Å². The molecule has 2 aromatic carbocycles. The standard InChI is InChI=1S/C19H24N2O2S/c1-5-16(14-8-6-13(2)7-9-14)20-19(24)21-17-11-10-15(22-3)12-18(17)23-4/h6-12,16H,5H2,1-4H3,(H2,20,21,24)/t16-/m0/s1. The van der Waals surface area contributed by atoms with Gasteiger partial charge in [0.05, 0.1) is 25.9 Å². The minimum Gasteiger partial charge on any atom is -0.497 e. The summed E-state index contributed by atoms with van der Waals surface area (Å²) in [5, 5.41) is 7.12. The first-order valence-electron chi connectivity index (χ1n) is 7.93. The lowest BCUT2D eigenvalue weighted by Gasteiger charge is -2.21. The summed E-state index contributed by atoms with van der Waals surface area (Å²) in [5.41, 5.74) is 3.26. The number of nitrogens with one attached hydrogen (secondary N) is 2. The molecule has 4 nitrogen and oxygen atoms in total. The molecule has 0 aliphatic rings. The molecule has 0 amide bonds. The predicted octanol–water partition coefficient (Wildman–Crippen LogP) is 4.45. The number of methoxy groups -OCH3 is 2. The van der Waals surface area contributed by atoms with Gasteiger partial charge in [-0.3, -0.25) is 0 Å². The number of ether oxygens (including phenoxy) is 2. The Kier molecular flexibility index (Phi) is 6.44. The van der Waals surface area contributed by atoms with Crippen molar-refractivity contribution in [3.63, 3.8) is 0 Å². The van der Waals surface area contributed by atoms with Gasteiger partial charge in [0, 0.05) is 6.07 Å². The molecule has 1 atom stereocenters. The minimum atomic E-state index is 0.162. The Morgan fingerprint density at radius 2 is 1.79 bits per heavy atom. The molecule has 0 heterocycles. The van der Waals surface area contributed by atoms with E-state index in [2.05, 4.69) is 48.7 Å². The van der Waals surface area contributed by atoms with E-state index in [1.165, 1.54) is 11.1 Å². The van der Waals surface area contributed by atoms with Gasteiger partial charge in [0.25, 0.3) is 0 Å². The Hall–Kier alpha value is -2.27. The monoisotopic (exact) mass is 344 g/mol. The minimum absolute atomic E-state index is 0.162. The molecule has 0 radical (unpaired) electrons. The fourth-order valence-electron chi connectivity index (χ4n) is 2.44. The van der Waals surface area contributed by atoms with Gasteiger partial charge in [-0.25, -0.2) is 0 Å². The Balaban J connectivity index is 2.07. The molecule has 0 saturated carbocycles. The maximum absolute atomic E-state index is 5.46. The predicted molar refractivity (Wildman–Crippen MR) is 103 cm³/mol. The second kappa shape index (κ2) is 8.55. The Labute approximate surface area is 149 Å². The van der Waals surface area contributed by atoms with Crippen LogP contribution in [0.15, 0.2) is 42.5 Å². The number of hydrogen-bond acceptors (Lipinski definition) is 3. The lowest BCUT2D eigenvalue weighted by molar-refractivity contribution is 0.395. The highest BCUT2D eigenvalue weighted by atomic mass is 32.1. The van der Waals surface area contributed by atoms with E-state index < -0.39 is 0 Å². The van der Waals surface area contributed by atoms with Crippen molar-refractivity contribution in [2.24, 2.45) is 0 Å². The number of aryl methyl sites for hydroxylation is 1. The van der Waals surface area contributed by atoms with Gasteiger partial charge in [-0.1, -0.05) is 36.8 Å². The van der Waals surface area contributed by atoms with Crippen molar-refractivity contribution in [1.82, 2.24) is 5.32 Å². The van der Waals surface area contributed by atoms with Crippen LogP contribution in [0.4, 0.5) is 5.69 Å². The second-order valence-corrected chi connectivity index (χ2v) is 5.94. The van der Waals surface area contributed by atoms with Crippen LogP contribution in [0.25, 0.3) is 0 Å². The first-order valence-corrected chi connectivity index (χ1v) is 8.34. The first-order chi connectivity index (χ1) is 11.6. The number of rotatable bonds is 6. The van der Waals surface area contributed by atoms with Crippen LogP contribution in [0.1, 0.15) is 30.5 Å². The quantitative estimate of drug-likeness (QED) is 0.758. The maximum atomic E-state index is 5.46. The summed E-state index contributed by atoms with van der Waals surface area (Å²) >= 11 is 5.46. The summed E-state index contributed by atoms with van der Waals surface area (Å²) in [6.07, 6.45) is 0.935. The Morgan fingerprint density at radius 1 is 1.08 bits per heavy atom. The normalized spacial score (nSPS) is 11.5. The summed E-state index contributed by atoms with van der Waals surface area (Å²) in [6, 6.07) is 14.2. The lowest BCUT2D eigenvalue weighted by Crippen LogP contribution is -2.32. The molecule has 24 heavy (non-hydrogen) atoms. The molecule has 0 unspecified atom stereocenters. The van der Waals surface area contributed by atoms with Crippen LogP contribution in [-0.4, -0.2) is 19.3 Å². The zero-order chi connectivity index (χ0) is 17.5. The third kappa shape index (κ3) is 4.61. The fraction of sp³-hybridized carbons (Fsp3) is 0.316. The van der Waals surface area contributed by atoms with Crippen LogP contribution in [0, 0.1) is 6.92 Å². The molecule has 2 N–H and O–H groups in total. The third-order valence-electron chi connectivity index (χ3n) is 3.85. The van der Waals surface area contributed by atoms with Crippen molar-refractivity contribution in [3.05, 3.63) is 53.6 Å². The van der Waals surface area contributed by atoms with Crippen molar-refractivity contribution < 1.29 is 9.47 Å². The first kappa shape index (κ1) is 18.1. The lowest BCUT2D eigenvalue weighted by atomic mass is 10.0. The third-order valence-corrected chi connectivity index (χ3v) is 4.07. The average Bonchev–Trinajstić information content (AvgIpc) is 2.60. The van der Waals surface area contributed by atoms with E-state index in [0.717, 1.165) is 17.9 Å². The molecule has 0 saturated heterocycles. The maximum Gasteiger partial charge on any atom is 0.171 e. The van der Waals surface area contributed by atoms with E-state index in [0.29, 0.717) is 10.9 Å². The topological polar surface area (TPSA) is 42.5 Å². The van der Waals surface area contributed by atoms with Crippen LogP contribution in [0.2, 0.25) is 0 Å². The van der Waals surface area contributed by atoms with Crippen molar-refractivity contribution in [3.8, 4) is 11.5 Å². The van der Waals surface area contributed by atoms with Crippen LogP contribution < -0.4 is 20.1 Å².